The molecule has 0 aliphatic rings. The van der Waals surface area contributed by atoms with E-state index in [-0.39, 0.29) is 0 Å². The minimum absolute atomic E-state index is 1.12. The van der Waals surface area contributed by atoms with Gasteiger partial charge in [-0.3, -0.25) is 0 Å². The minimum atomic E-state index is -1.12. The molecule has 2 nitrogen and oxygen atoms in total. The van der Waals surface area contributed by atoms with Gasteiger partial charge in [-0.2, -0.15) is 0 Å². The summed E-state index contributed by atoms with van der Waals surface area (Å²) in [5.74, 6) is 0. The van der Waals surface area contributed by atoms with Gasteiger partial charge in [0.15, 0.2) is 0 Å². The topological polar surface area (TPSA) is 6.48 Å². The van der Waals surface area contributed by atoms with Gasteiger partial charge >= 0.3 is 312 Å². The maximum atomic E-state index is 6.32. The summed E-state index contributed by atoms with van der Waals surface area (Å²) in [6.45, 7) is 14.0. The predicted octanol–water partition coefficient (Wildman–Crippen LogP) is 26.6. The van der Waals surface area contributed by atoms with Gasteiger partial charge in [-0.1, -0.05) is 207 Å². The normalized spacial score (nSPS) is 11.6. The maximum absolute atomic E-state index is 6.32. The van der Waals surface area contributed by atoms with E-state index < -0.39 is 21.2 Å². The fraction of sp³-hybridized carbons (Fsp3) is 0.971. The molecule has 0 saturated heterocycles. The van der Waals surface area contributed by atoms with Crippen LogP contribution in [0.3, 0.4) is 0 Å². The average molecular weight is 1350 g/mol. The van der Waals surface area contributed by atoms with Crippen LogP contribution in [0.4, 0.5) is 0 Å². The first kappa shape index (κ1) is 78.4. The first-order valence-electron chi connectivity index (χ1n) is 35.8. The van der Waals surface area contributed by atoms with Crippen molar-refractivity contribution in [2.45, 2.75) is 413 Å². The molecule has 0 aromatic heterocycles. The van der Waals surface area contributed by atoms with Gasteiger partial charge in [-0.25, -0.2) is 0 Å². The molecule has 0 amide bonds. The van der Waals surface area contributed by atoms with Crippen LogP contribution in [0.2, 0.25) is 0 Å². The molecular formula is C70H140N2PbS4. The zero-order chi connectivity index (χ0) is 55.7. The van der Waals surface area contributed by atoms with Gasteiger partial charge in [-0.15, -0.1) is 0 Å². The Hall–Kier alpha value is 1.40. The van der Waals surface area contributed by atoms with Gasteiger partial charge in [0, 0.05) is 0 Å². The SMILES string of the molecule is CCCCCCCCCCCCCCCCCN(CCCCCCCCCCCCCCCCC)C(=S)[S][Pb][S]C(=S)N(CCCCCCCCCCCCCCCCC)CCCCCCCCCCCCCCCCC. The molecule has 0 fully saturated rings. The average Bonchev–Trinajstić information content (AvgIpc) is 3.43. The number of unbranched alkanes of at least 4 members (excludes halogenated alkanes) is 56. The number of hydrogen-bond acceptors (Lipinski definition) is 4. The van der Waals surface area contributed by atoms with Crippen LogP contribution in [-0.2, 0) is 0 Å². The number of thiocarbonyl (C=S) groups is 2. The van der Waals surface area contributed by atoms with E-state index in [2.05, 4.69) is 54.1 Å². The van der Waals surface area contributed by atoms with Crippen LogP contribution in [0.15, 0.2) is 0 Å². The summed E-state index contributed by atoms with van der Waals surface area (Å²) >= 11 is 11.5. The van der Waals surface area contributed by atoms with Crippen LogP contribution in [-0.4, -0.2) is 65.9 Å². The van der Waals surface area contributed by atoms with Crippen molar-refractivity contribution < 1.29 is 0 Å². The van der Waals surface area contributed by atoms with Gasteiger partial charge in [-0.05, 0) is 0 Å². The molecule has 0 heterocycles. The third-order valence-corrected chi connectivity index (χ3v) is 33.2. The third kappa shape index (κ3) is 63.3. The van der Waals surface area contributed by atoms with Crippen molar-refractivity contribution in [3.05, 3.63) is 0 Å². The molecule has 458 valence electrons. The number of hydrogen-bond donors (Lipinski definition) is 0. The molecule has 7 heteroatoms. The second-order valence-electron chi connectivity index (χ2n) is 24.6. The molecule has 0 aliphatic carbocycles. The Morgan fingerprint density at radius 1 is 0.208 bits per heavy atom. The van der Waals surface area contributed by atoms with Crippen LogP contribution >= 0.6 is 41.1 Å². The van der Waals surface area contributed by atoms with Gasteiger partial charge in [0.2, 0.25) is 0 Å². The summed E-state index contributed by atoms with van der Waals surface area (Å²) in [7, 11) is 4.21. The standard InChI is InChI=1S/2C35H71NS2.Pb/c2*1-3-5-7-9-11-13-15-17-19-21-23-25-27-29-31-33-36(35(37)38)34-32-30-28-26-24-22-20-18-16-14-12-10-8-6-4-2;/h2*3-34H2,1-2H3,(H,37,38);/q;;+2/p-2. The summed E-state index contributed by atoms with van der Waals surface area (Å²) in [5.41, 5.74) is 0. The summed E-state index contributed by atoms with van der Waals surface area (Å²) in [6.07, 6.45) is 85.6. The smallest absolute Gasteiger partial charge is 0.0654 e. The van der Waals surface area contributed by atoms with Crippen molar-refractivity contribution in [1.29, 1.82) is 0 Å². The Kier molecular flexibility index (Phi) is 71.2. The molecule has 0 unspecified atom stereocenters. The number of nitrogens with zero attached hydrogens (tertiary/aromatic N) is 2. The zero-order valence-electron chi connectivity index (χ0n) is 53.3. The first-order valence-corrected chi connectivity index (χ1v) is 47.7. The molecule has 0 N–H and O–H groups in total. The van der Waals surface area contributed by atoms with Gasteiger partial charge < -0.3 is 0 Å². The Morgan fingerprint density at radius 3 is 0.455 bits per heavy atom. The summed E-state index contributed by atoms with van der Waals surface area (Å²) in [4.78, 5) is 5.31. The van der Waals surface area contributed by atoms with E-state index in [1.807, 2.05) is 0 Å². The van der Waals surface area contributed by atoms with E-state index in [0.29, 0.717) is 0 Å². The van der Waals surface area contributed by atoms with Crippen molar-refractivity contribution in [3.8, 4) is 0 Å². The van der Waals surface area contributed by atoms with E-state index in [4.69, 9.17) is 24.4 Å². The summed E-state index contributed by atoms with van der Waals surface area (Å²) < 4.78 is 2.44. The fourth-order valence-electron chi connectivity index (χ4n) is 11.5. The van der Waals surface area contributed by atoms with Crippen molar-refractivity contribution in [2.75, 3.05) is 26.2 Å². The first-order chi connectivity index (χ1) is 38.1. The second-order valence-corrected chi connectivity index (χ2v) is 38.3. The molecule has 0 bridgehead atoms. The molecule has 2 radical (unpaired) electrons. The van der Waals surface area contributed by atoms with E-state index in [9.17, 15) is 0 Å². The third-order valence-electron chi connectivity index (χ3n) is 16.9. The van der Waals surface area contributed by atoms with Crippen molar-refractivity contribution in [2.24, 2.45) is 0 Å². The van der Waals surface area contributed by atoms with Crippen molar-refractivity contribution in [1.82, 2.24) is 9.80 Å². The Labute approximate surface area is 515 Å². The van der Waals surface area contributed by atoms with Crippen LogP contribution in [0.5, 0.6) is 0 Å². The Bertz CT molecular complexity index is 973. The Morgan fingerprint density at radius 2 is 0.325 bits per heavy atom. The monoisotopic (exact) mass is 1340 g/mol. The molecule has 0 rings (SSSR count). The molecule has 77 heavy (non-hydrogen) atoms. The predicted molar refractivity (Wildman–Crippen MR) is 369 cm³/mol. The van der Waals surface area contributed by atoms with Gasteiger partial charge in [0.25, 0.3) is 0 Å². The van der Waals surface area contributed by atoms with Crippen LogP contribution in [0, 0.1) is 0 Å². The quantitative estimate of drug-likeness (QED) is 0.0338. The molecule has 0 spiro atoms. The number of rotatable bonds is 66. The van der Waals surface area contributed by atoms with Gasteiger partial charge in [0.1, 0.15) is 0 Å². The van der Waals surface area contributed by atoms with E-state index in [1.165, 1.54) is 420 Å². The zero-order valence-corrected chi connectivity index (χ0v) is 60.4. The Balaban J connectivity index is 4.92. The molecule has 0 atom stereocenters. The minimum Gasteiger partial charge on any atom is -0.0654 e. The summed E-state index contributed by atoms with van der Waals surface area (Å²) in [5, 5.41) is 0. The molecular weight excluding hydrogens is 1200 g/mol. The van der Waals surface area contributed by atoms with Crippen LogP contribution in [0.25, 0.3) is 0 Å². The van der Waals surface area contributed by atoms with E-state index in [1.54, 1.807) is 0 Å². The summed E-state index contributed by atoms with van der Waals surface area (Å²) in [6, 6.07) is 0. The van der Waals surface area contributed by atoms with Crippen LogP contribution < -0.4 is 0 Å². The molecule has 0 aromatic carbocycles. The van der Waals surface area contributed by atoms with E-state index in [0.717, 1.165) is 0 Å². The second kappa shape index (κ2) is 69.9. The van der Waals surface area contributed by atoms with Crippen LogP contribution in [0.1, 0.15) is 413 Å². The molecule has 0 aromatic rings. The van der Waals surface area contributed by atoms with Crippen molar-refractivity contribution in [3.63, 3.8) is 0 Å². The van der Waals surface area contributed by atoms with E-state index >= 15 is 0 Å². The van der Waals surface area contributed by atoms with Crippen molar-refractivity contribution >= 4 is 70.9 Å². The molecule has 0 aliphatic heterocycles. The fourth-order valence-corrected chi connectivity index (χ4v) is 28.1. The molecule has 0 saturated carbocycles. The van der Waals surface area contributed by atoms with Gasteiger partial charge in [0.05, 0.1) is 0 Å².